The number of nitrogens with two attached hydrogens (primary N) is 1. The molecule has 0 aliphatic carbocycles. The minimum absolute atomic E-state index is 0.0815. The third-order valence-electron chi connectivity index (χ3n) is 2.02. The lowest BCUT2D eigenvalue weighted by atomic mass is 10.0. The molecule has 0 bridgehead atoms. The van der Waals surface area contributed by atoms with Crippen molar-refractivity contribution in [1.82, 2.24) is 0 Å². The highest BCUT2D eigenvalue weighted by atomic mass is 19.4. The van der Waals surface area contributed by atoms with Crippen LogP contribution in [0.2, 0.25) is 0 Å². The van der Waals surface area contributed by atoms with Crippen molar-refractivity contribution < 1.29 is 30.7 Å². The van der Waals surface area contributed by atoms with Crippen LogP contribution in [0, 0.1) is 5.82 Å². The van der Waals surface area contributed by atoms with Gasteiger partial charge in [0, 0.05) is 6.54 Å². The van der Waals surface area contributed by atoms with Crippen molar-refractivity contribution in [3.63, 3.8) is 0 Å². The fourth-order valence-electron chi connectivity index (χ4n) is 1.27. The second-order valence-corrected chi connectivity index (χ2v) is 3.19. The van der Waals surface area contributed by atoms with E-state index in [4.69, 9.17) is 5.73 Å². The van der Waals surface area contributed by atoms with E-state index in [1.54, 1.807) is 0 Å². The lowest BCUT2D eigenvalue weighted by Crippen LogP contribution is -2.16. The number of halogens is 7. The van der Waals surface area contributed by atoms with Gasteiger partial charge in [-0.05, 0) is 17.7 Å². The highest BCUT2D eigenvalue weighted by molar-refractivity contribution is 5.36. The smallest absolute Gasteiger partial charge is 0.326 e. The van der Waals surface area contributed by atoms with E-state index in [1.165, 1.54) is 0 Å². The molecule has 0 spiro atoms. The van der Waals surface area contributed by atoms with Crippen LogP contribution in [0.3, 0.4) is 0 Å². The third-order valence-corrected chi connectivity index (χ3v) is 2.02. The van der Waals surface area contributed by atoms with E-state index in [-0.39, 0.29) is 12.1 Å². The molecule has 0 saturated heterocycles. The average molecular weight is 261 g/mol. The molecule has 0 aliphatic rings. The van der Waals surface area contributed by atoms with Crippen molar-refractivity contribution in [1.29, 1.82) is 0 Å². The molecule has 0 aliphatic heterocycles. The van der Waals surface area contributed by atoms with Crippen molar-refractivity contribution in [3.8, 4) is 0 Å². The molecule has 0 radical (unpaired) electrons. The molecular weight excluding hydrogens is 255 g/mol. The van der Waals surface area contributed by atoms with Crippen LogP contribution < -0.4 is 5.73 Å². The molecule has 1 rings (SSSR count). The standard InChI is InChI=1S/C9H6F7N/c10-7-2-5(8(11,12)13)4(3-17)1-6(7)9(14,15)16/h1-2H,3,17H2. The monoisotopic (exact) mass is 261 g/mol. The third kappa shape index (κ3) is 2.87. The molecule has 0 heterocycles. The van der Waals surface area contributed by atoms with E-state index in [1.807, 2.05) is 0 Å². The summed E-state index contributed by atoms with van der Waals surface area (Å²) in [6, 6.07) is -0.108. The van der Waals surface area contributed by atoms with Gasteiger partial charge in [-0.15, -0.1) is 0 Å². The minimum atomic E-state index is -5.06. The summed E-state index contributed by atoms with van der Waals surface area (Å²) in [5.74, 6) is -1.97. The molecule has 1 aromatic rings. The maximum atomic E-state index is 12.9. The number of rotatable bonds is 1. The largest absolute Gasteiger partial charge is 0.419 e. The van der Waals surface area contributed by atoms with E-state index in [0.29, 0.717) is 0 Å². The molecular formula is C9H6F7N. The Morgan fingerprint density at radius 3 is 1.71 bits per heavy atom. The van der Waals surface area contributed by atoms with Gasteiger partial charge in [0.1, 0.15) is 5.82 Å². The normalized spacial score (nSPS) is 12.9. The van der Waals surface area contributed by atoms with Gasteiger partial charge in [0.15, 0.2) is 0 Å². The minimum Gasteiger partial charge on any atom is -0.326 e. The van der Waals surface area contributed by atoms with Gasteiger partial charge in [0.25, 0.3) is 0 Å². The molecule has 17 heavy (non-hydrogen) atoms. The first kappa shape index (κ1) is 13.8. The lowest BCUT2D eigenvalue weighted by molar-refractivity contribution is -0.143. The summed E-state index contributed by atoms with van der Waals surface area (Å²) in [5.41, 5.74) is 0.867. The Bertz CT molecular complexity index is 419. The van der Waals surface area contributed by atoms with Crippen molar-refractivity contribution >= 4 is 0 Å². The van der Waals surface area contributed by atoms with E-state index < -0.39 is 41.4 Å². The second-order valence-electron chi connectivity index (χ2n) is 3.19. The van der Waals surface area contributed by atoms with Crippen molar-refractivity contribution in [2.75, 3.05) is 0 Å². The Labute approximate surface area is 91.0 Å². The first-order chi connectivity index (χ1) is 7.57. The highest BCUT2D eigenvalue weighted by Crippen LogP contribution is 2.38. The van der Waals surface area contributed by atoms with Crippen LogP contribution in [-0.4, -0.2) is 0 Å². The van der Waals surface area contributed by atoms with Crippen molar-refractivity contribution in [2.45, 2.75) is 18.9 Å². The predicted molar refractivity (Wildman–Crippen MR) is 44.3 cm³/mol. The maximum absolute atomic E-state index is 12.9. The van der Waals surface area contributed by atoms with Crippen LogP contribution in [0.4, 0.5) is 30.7 Å². The molecule has 1 nitrogen and oxygen atoms in total. The summed E-state index contributed by atoms with van der Waals surface area (Å²) in [4.78, 5) is 0. The van der Waals surface area contributed by atoms with Gasteiger partial charge in [-0.3, -0.25) is 0 Å². The lowest BCUT2D eigenvalue weighted by Gasteiger charge is -2.15. The zero-order chi connectivity index (χ0) is 13.4. The Morgan fingerprint density at radius 1 is 0.882 bits per heavy atom. The fraction of sp³-hybridized carbons (Fsp3) is 0.333. The van der Waals surface area contributed by atoms with Crippen LogP contribution in [0.1, 0.15) is 16.7 Å². The van der Waals surface area contributed by atoms with Crippen LogP contribution >= 0.6 is 0 Å². The second kappa shape index (κ2) is 4.17. The number of hydrogen-bond donors (Lipinski definition) is 1. The molecule has 0 amide bonds. The SMILES string of the molecule is NCc1cc(C(F)(F)F)c(F)cc1C(F)(F)F. The quantitative estimate of drug-likeness (QED) is 0.771. The van der Waals surface area contributed by atoms with Gasteiger partial charge in [-0.25, -0.2) is 4.39 Å². The van der Waals surface area contributed by atoms with Crippen molar-refractivity contribution in [3.05, 3.63) is 34.6 Å². The van der Waals surface area contributed by atoms with Gasteiger partial charge in [0.05, 0.1) is 11.1 Å². The van der Waals surface area contributed by atoms with Gasteiger partial charge in [0.2, 0.25) is 0 Å². The zero-order valence-electron chi connectivity index (χ0n) is 8.08. The zero-order valence-corrected chi connectivity index (χ0v) is 8.08. The summed E-state index contributed by atoms with van der Waals surface area (Å²) in [6.45, 7) is -0.766. The van der Waals surface area contributed by atoms with Crippen LogP contribution in [-0.2, 0) is 18.9 Å². The van der Waals surface area contributed by atoms with Crippen LogP contribution in [0.15, 0.2) is 12.1 Å². The van der Waals surface area contributed by atoms with Gasteiger partial charge in [-0.2, -0.15) is 26.3 Å². The molecule has 0 aromatic heterocycles. The Kier molecular flexibility index (Phi) is 3.37. The van der Waals surface area contributed by atoms with Gasteiger partial charge in [-0.1, -0.05) is 0 Å². The Morgan fingerprint density at radius 2 is 1.35 bits per heavy atom. The maximum Gasteiger partial charge on any atom is 0.419 e. The average Bonchev–Trinajstić information content (AvgIpc) is 2.14. The van der Waals surface area contributed by atoms with Gasteiger partial charge >= 0.3 is 12.4 Å². The topological polar surface area (TPSA) is 26.0 Å². The summed E-state index contributed by atoms with van der Waals surface area (Å²) >= 11 is 0. The molecule has 0 atom stereocenters. The number of hydrogen-bond acceptors (Lipinski definition) is 1. The van der Waals surface area contributed by atoms with E-state index >= 15 is 0 Å². The summed E-state index contributed by atoms with van der Waals surface area (Å²) in [7, 11) is 0. The summed E-state index contributed by atoms with van der Waals surface area (Å²) < 4.78 is 86.6. The van der Waals surface area contributed by atoms with Crippen LogP contribution in [0.5, 0.6) is 0 Å². The summed E-state index contributed by atoms with van der Waals surface area (Å²) in [6.07, 6.45) is -10.0. The number of benzene rings is 1. The van der Waals surface area contributed by atoms with E-state index in [0.717, 1.165) is 0 Å². The Balaban J connectivity index is 3.46. The molecule has 0 fully saturated rings. The molecule has 0 saturated carbocycles. The molecule has 2 N–H and O–H groups in total. The first-order valence-electron chi connectivity index (χ1n) is 4.24. The molecule has 1 aromatic carbocycles. The fourth-order valence-corrected chi connectivity index (χ4v) is 1.27. The molecule has 8 heteroatoms. The van der Waals surface area contributed by atoms with Gasteiger partial charge < -0.3 is 5.73 Å². The van der Waals surface area contributed by atoms with Crippen molar-refractivity contribution in [2.24, 2.45) is 5.73 Å². The Hall–Kier alpha value is -1.31. The first-order valence-corrected chi connectivity index (χ1v) is 4.24. The predicted octanol–water partition coefficient (Wildman–Crippen LogP) is 3.32. The molecule has 0 unspecified atom stereocenters. The van der Waals surface area contributed by atoms with E-state index in [2.05, 4.69) is 0 Å². The molecule has 96 valence electrons. The summed E-state index contributed by atoms with van der Waals surface area (Å²) in [5, 5.41) is 0. The number of alkyl halides is 6. The van der Waals surface area contributed by atoms with E-state index in [9.17, 15) is 30.7 Å². The van der Waals surface area contributed by atoms with Crippen LogP contribution in [0.25, 0.3) is 0 Å². The highest BCUT2D eigenvalue weighted by Gasteiger charge is 2.39.